The highest BCUT2D eigenvalue weighted by Gasteiger charge is 2.27. The first-order valence-corrected chi connectivity index (χ1v) is 14.1. The number of hydrogen-bond donors (Lipinski definition) is 0. The second-order valence-electron chi connectivity index (χ2n) is 11.2. The molecule has 2 aromatic heterocycles. The van der Waals surface area contributed by atoms with Crippen LogP contribution in [-0.4, -0.2) is 77.8 Å². The maximum atomic E-state index is 6.88. The van der Waals surface area contributed by atoms with E-state index >= 15 is 0 Å². The molecule has 0 N–H and O–H groups in total. The van der Waals surface area contributed by atoms with Crippen molar-refractivity contribution in [2.24, 2.45) is 0 Å². The molecular formula is C30H37ClN6O. The molecule has 2 aliphatic rings. The third kappa shape index (κ3) is 4.61. The lowest BCUT2D eigenvalue weighted by molar-refractivity contribution is -0.00573. The second kappa shape index (κ2) is 10.0. The average molecular weight is 533 g/mol. The van der Waals surface area contributed by atoms with E-state index in [0.29, 0.717) is 6.04 Å². The molecule has 0 radical (unpaired) electrons. The van der Waals surface area contributed by atoms with Crippen LogP contribution in [0.3, 0.4) is 0 Å². The van der Waals surface area contributed by atoms with Gasteiger partial charge in [0.1, 0.15) is 0 Å². The Morgan fingerprint density at radius 2 is 1.61 bits per heavy atom. The lowest BCUT2D eigenvalue weighted by Crippen LogP contribution is -2.46. The molecule has 7 nitrogen and oxygen atoms in total. The number of nitrogens with zero attached hydrogens (tertiary/aromatic N) is 6. The van der Waals surface area contributed by atoms with Crippen molar-refractivity contribution in [2.75, 3.05) is 50.1 Å². The minimum absolute atomic E-state index is 0.157. The summed E-state index contributed by atoms with van der Waals surface area (Å²) in [5, 5.41) is 0.803. The minimum Gasteiger partial charge on any atom is -0.372 e. The molecule has 2 aromatic carbocycles. The predicted molar refractivity (Wildman–Crippen MR) is 157 cm³/mol. The molecule has 8 heteroatoms. The average Bonchev–Trinajstić information content (AvgIpc) is 3.25. The lowest BCUT2D eigenvalue weighted by atomic mass is 10.0. The molecule has 2 aliphatic heterocycles. The van der Waals surface area contributed by atoms with Crippen molar-refractivity contribution in [1.82, 2.24) is 19.3 Å². The van der Waals surface area contributed by atoms with Crippen LogP contribution in [0.1, 0.15) is 32.4 Å². The fourth-order valence-corrected chi connectivity index (χ4v) is 6.46. The van der Waals surface area contributed by atoms with E-state index in [2.05, 4.69) is 90.4 Å². The van der Waals surface area contributed by atoms with Gasteiger partial charge in [0, 0.05) is 32.2 Å². The van der Waals surface area contributed by atoms with Crippen LogP contribution in [0, 0.1) is 6.92 Å². The van der Waals surface area contributed by atoms with Gasteiger partial charge in [-0.1, -0.05) is 23.7 Å². The van der Waals surface area contributed by atoms with Gasteiger partial charge in [0.05, 0.1) is 51.4 Å². The van der Waals surface area contributed by atoms with Crippen molar-refractivity contribution >= 4 is 39.8 Å². The molecule has 2 fully saturated rings. The summed E-state index contributed by atoms with van der Waals surface area (Å²) in [6.45, 7) is 10.0. The zero-order valence-corrected chi connectivity index (χ0v) is 23.7. The number of halogens is 1. The number of rotatable bonds is 4. The summed E-state index contributed by atoms with van der Waals surface area (Å²) in [7, 11) is 4.34. The fraction of sp³-hybridized carbons (Fsp3) is 0.467. The molecule has 0 bridgehead atoms. The number of fused-ring (bicyclic) bond motifs is 3. The van der Waals surface area contributed by atoms with Crippen LogP contribution in [0.2, 0.25) is 5.02 Å². The monoisotopic (exact) mass is 532 g/mol. The summed E-state index contributed by atoms with van der Waals surface area (Å²) >= 11 is 6.88. The maximum Gasteiger partial charge on any atom is 0.211 e. The molecule has 0 amide bonds. The number of benzene rings is 2. The summed E-state index contributed by atoms with van der Waals surface area (Å²) in [4.78, 5) is 16.9. The van der Waals surface area contributed by atoms with Crippen molar-refractivity contribution < 1.29 is 4.74 Å². The summed E-state index contributed by atoms with van der Waals surface area (Å²) in [5.74, 6) is 0.957. The van der Waals surface area contributed by atoms with Crippen molar-refractivity contribution in [3.05, 3.63) is 53.3 Å². The van der Waals surface area contributed by atoms with Crippen LogP contribution in [0.25, 0.3) is 27.7 Å². The summed E-state index contributed by atoms with van der Waals surface area (Å²) < 4.78 is 8.25. The molecule has 2 atom stereocenters. The van der Waals surface area contributed by atoms with Crippen LogP contribution in [-0.2, 0) is 4.74 Å². The molecule has 38 heavy (non-hydrogen) atoms. The Morgan fingerprint density at radius 1 is 0.921 bits per heavy atom. The second-order valence-corrected chi connectivity index (χ2v) is 11.6. The standard InChI is InChI=1S/C30H37ClN6O/c1-19-17-36(18-20(2)38-19)30-33-21(3)29-16-32-26-8-6-23(15-28(26)37(29)30)22-7-9-27(25(31)14-22)35-12-10-24(11-13-35)34(4)5/h6-9,14-16,19-20,24H,10-13,17-18H2,1-5H3/t19-,20+. The molecule has 4 heterocycles. The lowest BCUT2D eigenvalue weighted by Gasteiger charge is -2.37. The fourth-order valence-electron chi connectivity index (χ4n) is 6.16. The van der Waals surface area contributed by atoms with E-state index in [4.69, 9.17) is 26.3 Å². The normalized spacial score (nSPS) is 21.2. The van der Waals surface area contributed by atoms with E-state index in [-0.39, 0.29) is 12.2 Å². The highest BCUT2D eigenvalue weighted by molar-refractivity contribution is 6.33. The Hall–Kier alpha value is -2.87. The number of ether oxygens (including phenoxy) is 1. The number of aromatic nitrogens is 3. The third-order valence-corrected chi connectivity index (χ3v) is 8.44. The first-order chi connectivity index (χ1) is 18.3. The summed E-state index contributed by atoms with van der Waals surface area (Å²) in [5.41, 5.74) is 7.36. The van der Waals surface area contributed by atoms with Gasteiger partial charge in [-0.2, -0.15) is 0 Å². The van der Waals surface area contributed by atoms with Crippen molar-refractivity contribution in [2.45, 2.75) is 51.9 Å². The maximum absolute atomic E-state index is 6.88. The van der Waals surface area contributed by atoms with Gasteiger partial charge < -0.3 is 19.4 Å². The van der Waals surface area contributed by atoms with Crippen LogP contribution in [0.5, 0.6) is 0 Å². The van der Waals surface area contributed by atoms with Gasteiger partial charge in [0.15, 0.2) is 0 Å². The van der Waals surface area contributed by atoms with Gasteiger partial charge in [-0.05, 0) is 83.1 Å². The smallest absolute Gasteiger partial charge is 0.211 e. The van der Waals surface area contributed by atoms with E-state index in [1.807, 2.05) is 6.20 Å². The molecule has 200 valence electrons. The van der Waals surface area contributed by atoms with Gasteiger partial charge in [0.25, 0.3) is 0 Å². The minimum atomic E-state index is 0.157. The number of piperidine rings is 1. The highest BCUT2D eigenvalue weighted by Crippen LogP contribution is 2.35. The van der Waals surface area contributed by atoms with Crippen LogP contribution < -0.4 is 9.80 Å². The van der Waals surface area contributed by atoms with Gasteiger partial charge in [-0.15, -0.1) is 0 Å². The quantitative estimate of drug-likeness (QED) is 0.338. The van der Waals surface area contributed by atoms with Gasteiger partial charge in [-0.25, -0.2) is 4.98 Å². The Kier molecular flexibility index (Phi) is 6.70. The highest BCUT2D eigenvalue weighted by atomic mass is 35.5. The van der Waals surface area contributed by atoms with E-state index in [9.17, 15) is 0 Å². The van der Waals surface area contributed by atoms with Crippen LogP contribution in [0.4, 0.5) is 11.6 Å². The summed E-state index contributed by atoms with van der Waals surface area (Å²) in [6, 6.07) is 13.6. The van der Waals surface area contributed by atoms with E-state index in [0.717, 1.165) is 89.0 Å². The first kappa shape index (κ1) is 25.4. The molecule has 0 spiro atoms. The molecule has 0 unspecified atom stereocenters. The Labute approximate surface area is 230 Å². The predicted octanol–water partition coefficient (Wildman–Crippen LogP) is 5.66. The van der Waals surface area contributed by atoms with Crippen molar-refractivity contribution in [3.8, 4) is 11.1 Å². The van der Waals surface area contributed by atoms with Gasteiger partial charge in [-0.3, -0.25) is 9.38 Å². The van der Waals surface area contributed by atoms with Crippen molar-refractivity contribution in [1.29, 1.82) is 0 Å². The largest absolute Gasteiger partial charge is 0.372 e. The van der Waals surface area contributed by atoms with E-state index in [1.165, 1.54) is 0 Å². The van der Waals surface area contributed by atoms with Gasteiger partial charge >= 0.3 is 0 Å². The number of morpholine rings is 1. The molecule has 0 saturated carbocycles. The number of anilines is 2. The Morgan fingerprint density at radius 3 is 2.29 bits per heavy atom. The Balaban J connectivity index is 1.37. The van der Waals surface area contributed by atoms with Gasteiger partial charge in [0.2, 0.25) is 5.95 Å². The number of aryl methyl sites for hydroxylation is 1. The Bertz CT molecular complexity index is 1460. The zero-order chi connectivity index (χ0) is 26.6. The zero-order valence-electron chi connectivity index (χ0n) is 23.0. The van der Waals surface area contributed by atoms with Crippen LogP contribution >= 0.6 is 11.6 Å². The number of hydrogen-bond acceptors (Lipinski definition) is 6. The van der Waals surface area contributed by atoms with E-state index in [1.54, 1.807) is 0 Å². The number of imidazole rings is 1. The molecule has 6 rings (SSSR count). The molecular weight excluding hydrogens is 496 g/mol. The first-order valence-electron chi connectivity index (χ1n) is 13.7. The van der Waals surface area contributed by atoms with E-state index < -0.39 is 0 Å². The van der Waals surface area contributed by atoms with Crippen LogP contribution in [0.15, 0.2) is 42.6 Å². The molecule has 0 aliphatic carbocycles. The summed E-state index contributed by atoms with van der Waals surface area (Å²) in [6.07, 6.45) is 4.57. The third-order valence-electron chi connectivity index (χ3n) is 8.14. The molecule has 4 aromatic rings. The SMILES string of the molecule is Cc1nc(N2C[C@@H](C)O[C@@H](C)C2)n2c1cnc1ccc(-c3ccc(N4CCC(N(C)C)CC4)c(Cl)c3)cc12. The van der Waals surface area contributed by atoms with Crippen molar-refractivity contribution in [3.63, 3.8) is 0 Å². The topological polar surface area (TPSA) is 49.1 Å². The molecule has 2 saturated heterocycles.